The summed E-state index contributed by atoms with van der Waals surface area (Å²) in [5.74, 6) is -0.463. The number of anilines is 1. The molecule has 1 N–H and O–H groups in total. The van der Waals surface area contributed by atoms with Gasteiger partial charge in [-0.2, -0.15) is 0 Å². The molecule has 1 aromatic carbocycles. The van der Waals surface area contributed by atoms with Crippen LogP contribution in [0.4, 0.5) is 14.7 Å². The van der Waals surface area contributed by atoms with Gasteiger partial charge < -0.3 is 9.64 Å². The molecule has 1 aliphatic rings. The molecule has 0 spiro atoms. The van der Waals surface area contributed by atoms with E-state index in [1.54, 1.807) is 0 Å². The van der Waals surface area contributed by atoms with Crippen LogP contribution in [0.2, 0.25) is 0 Å². The summed E-state index contributed by atoms with van der Waals surface area (Å²) in [5, 5.41) is 7.84. The molecule has 8 heteroatoms. The van der Waals surface area contributed by atoms with Crippen molar-refractivity contribution in [2.45, 2.75) is 72.1 Å². The minimum Gasteiger partial charge on any atom is -0.493 e. The lowest BCUT2D eigenvalue weighted by Crippen LogP contribution is -2.35. The highest BCUT2D eigenvalue weighted by Gasteiger charge is 2.21. The maximum Gasteiger partial charge on any atom is 0.225 e. The molecule has 2 aromatic rings. The van der Waals surface area contributed by atoms with Crippen LogP contribution in [0.25, 0.3) is 0 Å². The van der Waals surface area contributed by atoms with Crippen LogP contribution in [-0.4, -0.2) is 41.7 Å². The Hall–Kier alpha value is -2.90. The maximum atomic E-state index is 14.4. The van der Waals surface area contributed by atoms with E-state index in [2.05, 4.69) is 26.8 Å². The largest absolute Gasteiger partial charge is 0.493 e. The number of nitrogens with zero attached hydrogens (tertiary/aromatic N) is 4. The Labute approximate surface area is 213 Å². The number of hydrogen-bond acceptors (Lipinski definition) is 5. The number of aromatic nitrogens is 2. The van der Waals surface area contributed by atoms with Crippen molar-refractivity contribution in [3.8, 4) is 5.75 Å². The highest BCUT2D eigenvalue weighted by Crippen LogP contribution is 2.25. The molecule has 1 saturated heterocycles. The number of benzene rings is 1. The molecule has 6 nitrogen and oxygen atoms in total. The third-order valence-electron chi connectivity index (χ3n) is 6.44. The SMILES string of the molecule is CCCCCc1cnc(N2CCC(CCCOc3cc(F)c(C(=N)N=CC(C)C)c(F)c3)CC2)nc1. The minimum absolute atomic E-state index is 0.0892. The zero-order valence-corrected chi connectivity index (χ0v) is 21.8. The molecule has 36 heavy (non-hydrogen) atoms. The highest BCUT2D eigenvalue weighted by molar-refractivity contribution is 6.01. The second kappa shape index (κ2) is 14.0. The number of aliphatic imine (C=N–C) groups is 1. The molecule has 0 atom stereocenters. The van der Waals surface area contributed by atoms with Crippen molar-refractivity contribution in [1.29, 1.82) is 5.41 Å². The van der Waals surface area contributed by atoms with Crippen molar-refractivity contribution < 1.29 is 13.5 Å². The summed E-state index contributed by atoms with van der Waals surface area (Å²) in [6, 6.07) is 2.26. The molecule has 0 amide bonds. The number of ether oxygens (including phenoxy) is 1. The number of nitrogens with one attached hydrogen (secondary N) is 1. The van der Waals surface area contributed by atoms with Gasteiger partial charge in [0.25, 0.3) is 0 Å². The summed E-state index contributed by atoms with van der Waals surface area (Å²) in [6.45, 7) is 8.23. The van der Waals surface area contributed by atoms with Crippen LogP contribution < -0.4 is 9.64 Å². The third kappa shape index (κ3) is 8.35. The van der Waals surface area contributed by atoms with E-state index < -0.39 is 23.0 Å². The monoisotopic (exact) mass is 499 g/mol. The van der Waals surface area contributed by atoms with Gasteiger partial charge in [-0.3, -0.25) is 5.41 Å². The quantitative estimate of drug-likeness (QED) is 0.202. The van der Waals surface area contributed by atoms with Gasteiger partial charge in [-0.1, -0.05) is 33.6 Å². The Morgan fingerprint density at radius 1 is 1.14 bits per heavy atom. The summed E-state index contributed by atoms with van der Waals surface area (Å²) in [6.07, 6.45) is 14.0. The number of amidine groups is 1. The maximum absolute atomic E-state index is 14.4. The summed E-state index contributed by atoms with van der Waals surface area (Å²) in [4.78, 5) is 15.2. The van der Waals surface area contributed by atoms with E-state index in [-0.39, 0.29) is 11.7 Å². The van der Waals surface area contributed by atoms with Gasteiger partial charge in [-0.25, -0.2) is 23.7 Å². The smallest absolute Gasteiger partial charge is 0.225 e. The van der Waals surface area contributed by atoms with E-state index in [4.69, 9.17) is 10.1 Å². The second-order valence-electron chi connectivity index (χ2n) is 9.90. The molecule has 0 saturated carbocycles. The highest BCUT2D eigenvalue weighted by atomic mass is 19.1. The fourth-order valence-electron chi connectivity index (χ4n) is 4.35. The fraction of sp³-hybridized carbons (Fsp3) is 0.571. The standard InChI is InChI=1S/C28H39F2N5O/c1-4-5-6-8-22-18-33-28(34-19-22)35-12-10-21(11-13-35)9-7-14-36-23-15-24(29)26(25(30)16-23)27(31)32-17-20(2)3/h15-21,31H,4-14H2,1-3H3. The average Bonchev–Trinajstić information content (AvgIpc) is 2.86. The lowest BCUT2D eigenvalue weighted by Gasteiger charge is -2.32. The first-order valence-corrected chi connectivity index (χ1v) is 13.2. The van der Waals surface area contributed by atoms with Crippen LogP contribution in [0, 0.1) is 28.9 Å². The number of halogens is 2. The van der Waals surface area contributed by atoms with Gasteiger partial charge in [0.2, 0.25) is 5.95 Å². The molecule has 0 unspecified atom stereocenters. The van der Waals surface area contributed by atoms with Gasteiger partial charge >= 0.3 is 0 Å². The molecule has 0 radical (unpaired) electrons. The number of piperidine rings is 1. The minimum atomic E-state index is -0.834. The van der Waals surface area contributed by atoms with Crippen molar-refractivity contribution in [1.82, 2.24) is 9.97 Å². The number of hydrogen-bond donors (Lipinski definition) is 1. The van der Waals surface area contributed by atoms with Crippen LogP contribution in [0.1, 0.15) is 76.8 Å². The lowest BCUT2D eigenvalue weighted by atomic mass is 9.92. The van der Waals surface area contributed by atoms with E-state index in [0.29, 0.717) is 12.5 Å². The predicted octanol–water partition coefficient (Wildman–Crippen LogP) is 6.62. The number of unbranched alkanes of at least 4 members (excludes halogenated alkanes) is 2. The van der Waals surface area contributed by atoms with Crippen LogP contribution >= 0.6 is 0 Å². The molecule has 0 aliphatic carbocycles. The van der Waals surface area contributed by atoms with Gasteiger partial charge in [0.15, 0.2) is 5.84 Å². The van der Waals surface area contributed by atoms with Gasteiger partial charge in [0, 0.05) is 43.8 Å². The van der Waals surface area contributed by atoms with Crippen molar-refractivity contribution >= 4 is 18.0 Å². The van der Waals surface area contributed by atoms with Gasteiger partial charge in [-0.15, -0.1) is 0 Å². The van der Waals surface area contributed by atoms with Crippen molar-refractivity contribution in [3.05, 3.63) is 47.3 Å². The van der Waals surface area contributed by atoms with E-state index in [1.165, 1.54) is 31.0 Å². The summed E-state index contributed by atoms with van der Waals surface area (Å²) in [7, 11) is 0. The molecule has 196 valence electrons. The molecule has 0 bridgehead atoms. The summed E-state index contributed by atoms with van der Waals surface area (Å²) in [5.41, 5.74) is 0.774. The Bertz CT molecular complexity index is 978. The Kier molecular flexibility index (Phi) is 10.8. The van der Waals surface area contributed by atoms with Gasteiger partial charge in [-0.05, 0) is 55.9 Å². The first-order valence-electron chi connectivity index (χ1n) is 13.2. The number of rotatable bonds is 12. The molecule has 1 aliphatic heterocycles. The van der Waals surface area contributed by atoms with Crippen LogP contribution in [0.3, 0.4) is 0 Å². The van der Waals surface area contributed by atoms with E-state index in [1.807, 2.05) is 26.2 Å². The Morgan fingerprint density at radius 2 is 1.81 bits per heavy atom. The first kappa shape index (κ1) is 27.7. The van der Waals surface area contributed by atoms with Gasteiger partial charge in [0.05, 0.1) is 12.2 Å². The van der Waals surface area contributed by atoms with Crippen molar-refractivity contribution in [2.24, 2.45) is 16.8 Å². The fourth-order valence-corrected chi connectivity index (χ4v) is 4.35. The lowest BCUT2D eigenvalue weighted by molar-refractivity contribution is 0.277. The molecule has 3 rings (SSSR count). The molecule has 2 heterocycles. The first-order chi connectivity index (χ1) is 17.4. The molecule has 1 aromatic heterocycles. The van der Waals surface area contributed by atoms with Crippen LogP contribution in [0.5, 0.6) is 5.75 Å². The number of aryl methyl sites for hydroxylation is 1. The molecular formula is C28H39F2N5O. The Balaban J connectivity index is 1.39. The van der Waals surface area contributed by atoms with Crippen LogP contribution in [-0.2, 0) is 6.42 Å². The van der Waals surface area contributed by atoms with Crippen molar-refractivity contribution in [3.63, 3.8) is 0 Å². The van der Waals surface area contributed by atoms with E-state index >= 15 is 0 Å². The zero-order chi connectivity index (χ0) is 25.9. The third-order valence-corrected chi connectivity index (χ3v) is 6.44. The average molecular weight is 500 g/mol. The van der Waals surface area contributed by atoms with Crippen molar-refractivity contribution in [2.75, 3.05) is 24.6 Å². The van der Waals surface area contributed by atoms with E-state index in [9.17, 15) is 8.78 Å². The van der Waals surface area contributed by atoms with Crippen LogP contribution in [0.15, 0.2) is 29.5 Å². The zero-order valence-electron chi connectivity index (χ0n) is 21.8. The molecular weight excluding hydrogens is 460 g/mol. The van der Waals surface area contributed by atoms with E-state index in [0.717, 1.165) is 63.3 Å². The summed E-state index contributed by atoms with van der Waals surface area (Å²) >= 11 is 0. The predicted molar refractivity (Wildman–Crippen MR) is 141 cm³/mol. The normalized spacial score (nSPS) is 14.7. The Morgan fingerprint density at radius 3 is 2.42 bits per heavy atom. The molecule has 1 fully saturated rings. The second-order valence-corrected chi connectivity index (χ2v) is 9.90. The topological polar surface area (TPSA) is 74.5 Å². The van der Waals surface area contributed by atoms with Gasteiger partial charge in [0.1, 0.15) is 17.4 Å². The summed E-state index contributed by atoms with van der Waals surface area (Å²) < 4.78 is 34.4.